The zero-order valence-corrected chi connectivity index (χ0v) is 23.4. The lowest BCUT2D eigenvalue weighted by Gasteiger charge is -2.44. The largest absolute Gasteiger partial charge is 0.465 e. The second-order valence-corrected chi connectivity index (χ2v) is 14.9. The lowest BCUT2D eigenvalue weighted by atomic mass is 10.1. The van der Waals surface area contributed by atoms with Crippen LogP contribution in [-0.2, 0) is 9.16 Å². The highest BCUT2D eigenvalue weighted by molar-refractivity contribution is 6.99. The van der Waals surface area contributed by atoms with Crippen molar-refractivity contribution in [2.24, 2.45) is 0 Å². The molecule has 1 fully saturated rings. The van der Waals surface area contributed by atoms with E-state index in [1.54, 1.807) is 30.4 Å². The molecule has 39 heavy (non-hydrogen) atoms. The topological polar surface area (TPSA) is 102 Å². The summed E-state index contributed by atoms with van der Waals surface area (Å²) < 4.78 is 13.3. The molecule has 0 aliphatic carbocycles. The molecule has 1 aliphatic heterocycles. The minimum atomic E-state index is -2.83. The molecule has 9 heteroatoms. The maximum absolute atomic E-state index is 12.0. The number of morpholine rings is 1. The van der Waals surface area contributed by atoms with Crippen molar-refractivity contribution in [1.82, 2.24) is 4.90 Å². The second kappa shape index (κ2) is 11.9. The van der Waals surface area contributed by atoms with E-state index >= 15 is 0 Å². The summed E-state index contributed by atoms with van der Waals surface area (Å²) in [6.45, 7) is 7.05. The number of hydrogen-bond donors (Lipinski definition) is 1. The SMILES string of the molecule is CC(C)(C)[Si](OC[C@@H]1CN(C(=O)O)CC(/C=C/c2ccccc2[N+](=O)[O-])O1)(c1ccccc1)c1ccccc1. The Labute approximate surface area is 229 Å². The van der Waals surface area contributed by atoms with Crippen LogP contribution in [0.1, 0.15) is 26.3 Å². The maximum atomic E-state index is 12.0. The van der Waals surface area contributed by atoms with Crippen LogP contribution in [0.25, 0.3) is 6.08 Å². The molecule has 1 saturated heterocycles. The minimum Gasteiger partial charge on any atom is -0.465 e. The predicted molar refractivity (Wildman–Crippen MR) is 154 cm³/mol. The molecule has 2 atom stereocenters. The van der Waals surface area contributed by atoms with E-state index in [1.807, 2.05) is 36.4 Å². The van der Waals surface area contributed by atoms with Gasteiger partial charge in [0.1, 0.15) is 0 Å². The number of carbonyl (C=O) groups is 1. The van der Waals surface area contributed by atoms with Gasteiger partial charge in [-0.15, -0.1) is 0 Å². The fraction of sp³-hybridized carbons (Fsp3) is 0.300. The first kappa shape index (κ1) is 28.2. The summed E-state index contributed by atoms with van der Waals surface area (Å²) in [4.78, 5) is 24.3. The lowest BCUT2D eigenvalue weighted by Crippen LogP contribution is -2.67. The quantitative estimate of drug-likeness (QED) is 0.244. The van der Waals surface area contributed by atoms with Crippen LogP contribution < -0.4 is 10.4 Å². The highest BCUT2D eigenvalue weighted by Crippen LogP contribution is 2.37. The molecule has 1 aliphatic rings. The first-order valence-electron chi connectivity index (χ1n) is 12.9. The molecule has 204 valence electrons. The smallest absolute Gasteiger partial charge is 0.407 e. The molecule has 0 spiro atoms. The Balaban J connectivity index is 1.63. The number of amides is 1. The van der Waals surface area contributed by atoms with E-state index in [9.17, 15) is 20.0 Å². The molecule has 4 rings (SSSR count). The minimum absolute atomic E-state index is 0.0220. The Bertz CT molecular complexity index is 1270. The summed E-state index contributed by atoms with van der Waals surface area (Å²) in [6.07, 6.45) is 1.17. The van der Waals surface area contributed by atoms with E-state index in [0.29, 0.717) is 5.56 Å². The molecule has 1 unspecified atom stereocenters. The fourth-order valence-corrected chi connectivity index (χ4v) is 9.80. The Morgan fingerprint density at radius 2 is 1.59 bits per heavy atom. The van der Waals surface area contributed by atoms with Crippen molar-refractivity contribution in [1.29, 1.82) is 0 Å². The maximum Gasteiger partial charge on any atom is 0.407 e. The summed E-state index contributed by atoms with van der Waals surface area (Å²) in [5, 5.41) is 23.2. The highest BCUT2D eigenvalue weighted by atomic mass is 28.4. The van der Waals surface area contributed by atoms with Crippen molar-refractivity contribution in [3.05, 3.63) is 107 Å². The molecular weight excluding hydrogens is 512 g/mol. The van der Waals surface area contributed by atoms with E-state index in [0.717, 1.165) is 10.4 Å². The van der Waals surface area contributed by atoms with Crippen LogP contribution in [0.4, 0.5) is 10.5 Å². The van der Waals surface area contributed by atoms with Gasteiger partial charge in [-0.2, -0.15) is 0 Å². The number of rotatable bonds is 8. The molecular formula is C30H34N2O6Si. The summed E-state index contributed by atoms with van der Waals surface area (Å²) >= 11 is 0. The summed E-state index contributed by atoms with van der Waals surface area (Å²) in [6, 6.07) is 26.9. The highest BCUT2D eigenvalue weighted by Gasteiger charge is 2.50. The van der Waals surface area contributed by atoms with E-state index in [1.165, 1.54) is 11.0 Å². The summed E-state index contributed by atoms with van der Waals surface area (Å²) in [5.41, 5.74) is 0.407. The van der Waals surface area contributed by atoms with Gasteiger partial charge >= 0.3 is 6.09 Å². The zero-order chi connectivity index (χ0) is 28.0. The normalized spacial score (nSPS) is 18.3. The van der Waals surface area contributed by atoms with Gasteiger partial charge in [0.05, 0.1) is 42.4 Å². The van der Waals surface area contributed by atoms with Crippen molar-refractivity contribution < 1.29 is 24.0 Å². The number of hydrogen-bond acceptors (Lipinski definition) is 5. The third-order valence-corrected chi connectivity index (χ3v) is 12.0. The number of nitrogens with zero attached hydrogens (tertiary/aromatic N) is 2. The molecule has 3 aromatic carbocycles. The average molecular weight is 547 g/mol. The number of ether oxygens (including phenoxy) is 1. The summed E-state index contributed by atoms with van der Waals surface area (Å²) in [7, 11) is -2.83. The van der Waals surface area contributed by atoms with Crippen molar-refractivity contribution in [2.75, 3.05) is 19.7 Å². The van der Waals surface area contributed by atoms with Crippen LogP contribution in [0.15, 0.2) is 91.0 Å². The first-order valence-corrected chi connectivity index (χ1v) is 14.8. The lowest BCUT2D eigenvalue weighted by molar-refractivity contribution is -0.385. The third-order valence-electron chi connectivity index (χ3n) is 6.99. The molecule has 3 aromatic rings. The van der Waals surface area contributed by atoms with Crippen molar-refractivity contribution in [3.8, 4) is 0 Å². The zero-order valence-electron chi connectivity index (χ0n) is 22.4. The van der Waals surface area contributed by atoms with E-state index < -0.39 is 31.5 Å². The van der Waals surface area contributed by atoms with Crippen LogP contribution in [0.3, 0.4) is 0 Å². The van der Waals surface area contributed by atoms with E-state index in [2.05, 4.69) is 45.0 Å². The molecule has 0 saturated carbocycles. The monoisotopic (exact) mass is 546 g/mol. The van der Waals surface area contributed by atoms with Crippen LogP contribution in [0.5, 0.6) is 0 Å². The second-order valence-electron chi connectivity index (χ2n) is 10.6. The van der Waals surface area contributed by atoms with Gasteiger partial charge in [0, 0.05) is 6.07 Å². The van der Waals surface area contributed by atoms with Gasteiger partial charge in [0.25, 0.3) is 14.0 Å². The first-order chi connectivity index (χ1) is 18.6. The molecule has 1 heterocycles. The molecule has 0 radical (unpaired) electrons. The van der Waals surface area contributed by atoms with Crippen molar-refractivity contribution in [3.63, 3.8) is 0 Å². The third kappa shape index (κ3) is 6.27. The van der Waals surface area contributed by atoms with Crippen molar-refractivity contribution >= 4 is 36.5 Å². The van der Waals surface area contributed by atoms with Crippen molar-refractivity contribution in [2.45, 2.75) is 38.0 Å². The number of carboxylic acid groups (broad SMARTS) is 1. The van der Waals surface area contributed by atoms with Gasteiger partial charge in [-0.3, -0.25) is 10.1 Å². The van der Waals surface area contributed by atoms with Gasteiger partial charge in [0.2, 0.25) is 0 Å². The Kier molecular flexibility index (Phi) is 8.64. The average Bonchev–Trinajstić information content (AvgIpc) is 2.92. The van der Waals surface area contributed by atoms with Gasteiger partial charge in [0.15, 0.2) is 0 Å². The number of nitro groups is 1. The van der Waals surface area contributed by atoms with Gasteiger partial charge < -0.3 is 19.2 Å². The number of nitro benzene ring substituents is 1. The molecule has 1 N–H and O–H groups in total. The Morgan fingerprint density at radius 1 is 1.03 bits per heavy atom. The Hall–Kier alpha value is -3.79. The predicted octanol–water partition coefficient (Wildman–Crippen LogP) is 4.93. The molecule has 1 amide bonds. The summed E-state index contributed by atoms with van der Waals surface area (Å²) in [5.74, 6) is 0. The number of benzene rings is 3. The van der Waals surface area contributed by atoms with Gasteiger partial charge in [-0.25, -0.2) is 4.79 Å². The van der Waals surface area contributed by atoms with Crippen LogP contribution in [0, 0.1) is 10.1 Å². The van der Waals surface area contributed by atoms with Crippen LogP contribution in [-0.4, -0.2) is 61.2 Å². The number of para-hydroxylation sites is 1. The Morgan fingerprint density at radius 3 is 2.13 bits per heavy atom. The van der Waals surface area contributed by atoms with E-state index in [4.69, 9.17) is 9.16 Å². The van der Waals surface area contributed by atoms with E-state index in [-0.39, 0.29) is 30.4 Å². The van der Waals surface area contributed by atoms with Crippen LogP contribution >= 0.6 is 0 Å². The standard InChI is InChI=1S/C30H34N2O6Si/c1-30(2,3)39(26-13-6-4-7-14-26,27-15-8-5-9-16-27)37-22-25-21-31(29(33)34)20-24(38-25)19-18-23-12-10-11-17-28(23)32(35)36/h4-19,24-25H,20-22H2,1-3H3,(H,33,34)/b19-18+/t24?,25-/m0/s1. The molecule has 0 bridgehead atoms. The van der Waals surface area contributed by atoms with Gasteiger partial charge in [-0.1, -0.05) is 99.6 Å². The fourth-order valence-electron chi connectivity index (χ4n) is 5.21. The molecule has 0 aromatic heterocycles. The van der Waals surface area contributed by atoms with Gasteiger partial charge in [-0.05, 0) is 27.6 Å². The van der Waals surface area contributed by atoms with Crippen LogP contribution in [0.2, 0.25) is 5.04 Å². The molecule has 8 nitrogen and oxygen atoms in total.